The summed E-state index contributed by atoms with van der Waals surface area (Å²) in [6.45, 7) is 10.4. The molecule has 1 fully saturated rings. The van der Waals surface area contributed by atoms with Gasteiger partial charge in [0.2, 0.25) is 5.91 Å². The zero-order valence-corrected chi connectivity index (χ0v) is 15.0. The van der Waals surface area contributed by atoms with Crippen molar-refractivity contribution in [1.29, 1.82) is 0 Å². The summed E-state index contributed by atoms with van der Waals surface area (Å²) in [4.78, 5) is 14.4. The van der Waals surface area contributed by atoms with Gasteiger partial charge in [0.25, 0.3) is 0 Å². The van der Waals surface area contributed by atoms with Crippen molar-refractivity contribution in [2.75, 3.05) is 13.1 Å². The van der Waals surface area contributed by atoms with Crippen molar-refractivity contribution < 1.29 is 4.79 Å². The van der Waals surface area contributed by atoms with Crippen LogP contribution in [0.15, 0.2) is 24.3 Å². The number of carbonyl (C=O) groups excluding carboxylic acids is 1. The second-order valence-corrected chi connectivity index (χ2v) is 6.47. The van der Waals surface area contributed by atoms with E-state index >= 15 is 0 Å². The van der Waals surface area contributed by atoms with E-state index in [1.165, 1.54) is 11.1 Å². The van der Waals surface area contributed by atoms with E-state index in [1.54, 1.807) is 0 Å². The van der Waals surface area contributed by atoms with E-state index in [9.17, 15) is 4.79 Å². The molecule has 1 aliphatic heterocycles. The van der Waals surface area contributed by atoms with Crippen LogP contribution in [0.3, 0.4) is 0 Å². The van der Waals surface area contributed by atoms with Crippen molar-refractivity contribution in [3.05, 3.63) is 35.4 Å². The Kier molecular flexibility index (Phi) is 7.37. The molecule has 22 heavy (non-hydrogen) atoms. The molecule has 0 spiro atoms. The lowest BCUT2D eigenvalue weighted by Crippen LogP contribution is -2.57. The molecule has 1 heterocycles. The first kappa shape index (κ1) is 19.0. The Bertz CT molecular complexity index is 472. The molecule has 0 radical (unpaired) electrons. The van der Waals surface area contributed by atoms with Gasteiger partial charge < -0.3 is 10.2 Å². The lowest BCUT2D eigenvalue weighted by molar-refractivity contribution is -0.134. The summed E-state index contributed by atoms with van der Waals surface area (Å²) in [6, 6.07) is 9.35. The molecule has 1 aliphatic rings. The SMILES string of the molecule is CC(C)c1ccc(CCC(=O)N2CCNC(C)C2C)cc1.Cl. The third-order valence-electron chi connectivity index (χ3n) is 4.63. The first-order chi connectivity index (χ1) is 9.99. The predicted octanol–water partition coefficient (Wildman–Crippen LogP) is 3.37. The van der Waals surface area contributed by atoms with Crippen molar-refractivity contribution in [3.63, 3.8) is 0 Å². The minimum atomic E-state index is 0. The molecule has 0 saturated carbocycles. The van der Waals surface area contributed by atoms with Gasteiger partial charge in [-0.3, -0.25) is 4.79 Å². The zero-order valence-electron chi connectivity index (χ0n) is 14.1. The molecule has 2 unspecified atom stereocenters. The smallest absolute Gasteiger partial charge is 0.223 e. The summed E-state index contributed by atoms with van der Waals surface area (Å²) in [5.41, 5.74) is 2.61. The largest absolute Gasteiger partial charge is 0.337 e. The lowest BCUT2D eigenvalue weighted by Gasteiger charge is -2.38. The van der Waals surface area contributed by atoms with Crippen LogP contribution in [-0.4, -0.2) is 36.0 Å². The molecule has 1 amide bonds. The molecule has 0 aromatic heterocycles. The summed E-state index contributed by atoms with van der Waals surface area (Å²) in [7, 11) is 0. The fraction of sp³-hybridized carbons (Fsp3) is 0.611. The third-order valence-corrected chi connectivity index (χ3v) is 4.63. The third kappa shape index (κ3) is 4.72. The maximum Gasteiger partial charge on any atom is 0.223 e. The second-order valence-electron chi connectivity index (χ2n) is 6.47. The van der Waals surface area contributed by atoms with E-state index < -0.39 is 0 Å². The Balaban J connectivity index is 0.00000242. The van der Waals surface area contributed by atoms with Gasteiger partial charge in [0.1, 0.15) is 0 Å². The number of nitrogens with one attached hydrogen (secondary N) is 1. The van der Waals surface area contributed by atoms with Crippen molar-refractivity contribution in [2.45, 2.75) is 58.5 Å². The monoisotopic (exact) mass is 324 g/mol. The Labute approximate surface area is 140 Å². The fourth-order valence-electron chi connectivity index (χ4n) is 2.87. The summed E-state index contributed by atoms with van der Waals surface area (Å²) in [6.07, 6.45) is 1.44. The molecule has 2 atom stereocenters. The van der Waals surface area contributed by atoms with Crippen molar-refractivity contribution in [1.82, 2.24) is 10.2 Å². The quantitative estimate of drug-likeness (QED) is 0.921. The first-order valence-electron chi connectivity index (χ1n) is 8.10. The van der Waals surface area contributed by atoms with Gasteiger partial charge in [-0.25, -0.2) is 0 Å². The minimum Gasteiger partial charge on any atom is -0.337 e. The van der Waals surface area contributed by atoms with Crippen LogP contribution in [0.5, 0.6) is 0 Å². The van der Waals surface area contributed by atoms with Crippen LogP contribution in [0.4, 0.5) is 0 Å². The minimum absolute atomic E-state index is 0. The normalized spacial score (nSPS) is 21.6. The summed E-state index contributed by atoms with van der Waals surface area (Å²) in [5, 5.41) is 3.41. The summed E-state index contributed by atoms with van der Waals surface area (Å²) < 4.78 is 0. The van der Waals surface area contributed by atoms with Crippen LogP contribution in [0.1, 0.15) is 51.2 Å². The molecular weight excluding hydrogens is 296 g/mol. The molecule has 3 nitrogen and oxygen atoms in total. The standard InChI is InChI=1S/C18H28N2O.ClH/c1-13(2)17-8-5-16(6-9-17)7-10-18(21)20-12-11-19-14(3)15(20)4;/h5-6,8-9,13-15,19H,7,10-12H2,1-4H3;1H. The molecular formula is C18H29ClN2O. The van der Waals surface area contributed by atoms with Gasteiger partial charge in [-0.05, 0) is 37.3 Å². The Hall–Kier alpha value is -1.06. The molecule has 0 aliphatic carbocycles. The van der Waals surface area contributed by atoms with Gasteiger partial charge in [-0.1, -0.05) is 38.1 Å². The molecule has 124 valence electrons. The Morgan fingerprint density at radius 2 is 1.91 bits per heavy atom. The topological polar surface area (TPSA) is 32.3 Å². The lowest BCUT2D eigenvalue weighted by atomic mass is 10.00. The van der Waals surface area contributed by atoms with E-state index in [1.807, 2.05) is 4.90 Å². The zero-order chi connectivity index (χ0) is 15.4. The fourth-order valence-corrected chi connectivity index (χ4v) is 2.87. The molecule has 1 saturated heterocycles. The number of hydrogen-bond donors (Lipinski definition) is 1. The number of nitrogens with zero attached hydrogens (tertiary/aromatic N) is 1. The maximum atomic E-state index is 12.4. The number of amides is 1. The van der Waals surface area contributed by atoms with Gasteiger partial charge in [0, 0.05) is 31.6 Å². The van der Waals surface area contributed by atoms with Crippen LogP contribution in [0, 0.1) is 0 Å². The first-order valence-corrected chi connectivity index (χ1v) is 8.10. The van der Waals surface area contributed by atoms with E-state index in [4.69, 9.17) is 0 Å². The average Bonchev–Trinajstić information content (AvgIpc) is 2.48. The van der Waals surface area contributed by atoms with Crippen LogP contribution >= 0.6 is 12.4 Å². The number of hydrogen-bond acceptors (Lipinski definition) is 2. The van der Waals surface area contributed by atoms with E-state index in [-0.39, 0.29) is 24.4 Å². The van der Waals surface area contributed by atoms with Crippen LogP contribution in [-0.2, 0) is 11.2 Å². The van der Waals surface area contributed by atoms with E-state index in [0.29, 0.717) is 18.4 Å². The maximum absolute atomic E-state index is 12.4. The van der Waals surface area contributed by atoms with Gasteiger partial charge in [0.05, 0.1) is 0 Å². The number of piperazine rings is 1. The Morgan fingerprint density at radius 1 is 1.27 bits per heavy atom. The molecule has 4 heteroatoms. The number of rotatable bonds is 4. The second kappa shape index (κ2) is 8.54. The number of carbonyl (C=O) groups is 1. The van der Waals surface area contributed by atoms with E-state index in [0.717, 1.165) is 19.5 Å². The van der Waals surface area contributed by atoms with Gasteiger partial charge in [0.15, 0.2) is 0 Å². The van der Waals surface area contributed by atoms with Crippen LogP contribution in [0.25, 0.3) is 0 Å². The Morgan fingerprint density at radius 3 is 2.50 bits per heavy atom. The highest BCUT2D eigenvalue weighted by molar-refractivity contribution is 5.85. The molecule has 0 bridgehead atoms. The summed E-state index contributed by atoms with van der Waals surface area (Å²) >= 11 is 0. The predicted molar refractivity (Wildman–Crippen MR) is 94.7 cm³/mol. The summed E-state index contributed by atoms with van der Waals surface area (Å²) in [5.74, 6) is 0.840. The van der Waals surface area contributed by atoms with Crippen LogP contribution < -0.4 is 5.32 Å². The number of halogens is 1. The molecule has 1 N–H and O–H groups in total. The highest BCUT2D eigenvalue weighted by Gasteiger charge is 2.27. The molecule has 1 aromatic rings. The van der Waals surface area contributed by atoms with Crippen molar-refractivity contribution >= 4 is 18.3 Å². The van der Waals surface area contributed by atoms with E-state index in [2.05, 4.69) is 57.3 Å². The van der Waals surface area contributed by atoms with Crippen molar-refractivity contribution in [3.8, 4) is 0 Å². The molecule has 1 aromatic carbocycles. The van der Waals surface area contributed by atoms with Gasteiger partial charge in [-0.2, -0.15) is 0 Å². The van der Waals surface area contributed by atoms with Gasteiger partial charge in [-0.15, -0.1) is 12.4 Å². The highest BCUT2D eigenvalue weighted by atomic mass is 35.5. The number of benzene rings is 1. The van der Waals surface area contributed by atoms with Crippen molar-refractivity contribution in [2.24, 2.45) is 0 Å². The van der Waals surface area contributed by atoms with Crippen LogP contribution in [0.2, 0.25) is 0 Å². The molecule has 2 rings (SSSR count). The highest BCUT2D eigenvalue weighted by Crippen LogP contribution is 2.16. The number of aryl methyl sites for hydroxylation is 1. The average molecular weight is 325 g/mol. The van der Waals surface area contributed by atoms with Gasteiger partial charge >= 0.3 is 0 Å².